The molecule has 2 atom stereocenters. The third-order valence-corrected chi connectivity index (χ3v) is 3.77. The molecule has 2 fully saturated rings. The quantitative estimate of drug-likeness (QED) is 0.714. The van der Waals surface area contributed by atoms with Crippen molar-refractivity contribution >= 4 is 5.91 Å². The van der Waals surface area contributed by atoms with Gasteiger partial charge in [0.2, 0.25) is 5.91 Å². The van der Waals surface area contributed by atoms with Gasteiger partial charge in [0.25, 0.3) is 0 Å². The molecule has 2 rings (SSSR count). The molecule has 2 aliphatic rings. The normalized spacial score (nSPS) is 29.4. The third-order valence-electron chi connectivity index (χ3n) is 3.77. The molecule has 2 saturated heterocycles. The first-order valence-corrected chi connectivity index (χ1v) is 6.65. The van der Waals surface area contributed by atoms with E-state index in [1.807, 2.05) is 4.90 Å². The van der Waals surface area contributed by atoms with Gasteiger partial charge in [-0.15, -0.1) is 0 Å². The number of hydrogen-bond donors (Lipinski definition) is 2. The Bertz CT molecular complexity index is 266. The van der Waals surface area contributed by atoms with Crippen molar-refractivity contribution in [2.45, 2.75) is 44.4 Å². The van der Waals surface area contributed by atoms with Crippen LogP contribution in [0.4, 0.5) is 0 Å². The summed E-state index contributed by atoms with van der Waals surface area (Å²) in [5.74, 6) is 0.000692. The molecule has 2 heterocycles. The van der Waals surface area contributed by atoms with Crippen LogP contribution in [0.3, 0.4) is 0 Å². The highest BCUT2D eigenvalue weighted by molar-refractivity contribution is 5.81. The average molecular weight is 241 g/mol. The largest absolute Gasteiger partial charge is 0.376 e. The molecule has 0 saturated carbocycles. The lowest BCUT2D eigenvalue weighted by Crippen LogP contribution is -2.49. The van der Waals surface area contributed by atoms with Crippen molar-refractivity contribution < 1.29 is 9.90 Å². The van der Waals surface area contributed by atoms with Crippen LogP contribution in [0.2, 0.25) is 0 Å². The van der Waals surface area contributed by atoms with Gasteiger partial charge >= 0.3 is 0 Å². The fourth-order valence-corrected chi connectivity index (χ4v) is 2.67. The van der Waals surface area contributed by atoms with Gasteiger partial charge in [0, 0.05) is 19.6 Å². The maximum absolute atomic E-state index is 12.0. The number of amides is 1. The summed E-state index contributed by atoms with van der Waals surface area (Å²) in [5.41, 5.74) is 5.81. The van der Waals surface area contributed by atoms with Gasteiger partial charge in [0.05, 0.1) is 12.6 Å². The van der Waals surface area contributed by atoms with Crippen molar-refractivity contribution in [3.8, 4) is 0 Å². The van der Waals surface area contributed by atoms with Gasteiger partial charge in [-0.05, 0) is 32.1 Å². The van der Waals surface area contributed by atoms with Gasteiger partial charge < -0.3 is 15.7 Å². The molecule has 5 heteroatoms. The van der Waals surface area contributed by atoms with Crippen LogP contribution in [0.1, 0.15) is 32.1 Å². The molecular weight excluding hydrogens is 218 g/mol. The Hall–Kier alpha value is -0.650. The molecule has 0 aromatic rings. The molecule has 0 aromatic carbocycles. The van der Waals surface area contributed by atoms with Gasteiger partial charge in [-0.2, -0.15) is 0 Å². The van der Waals surface area contributed by atoms with Crippen LogP contribution in [0, 0.1) is 0 Å². The van der Waals surface area contributed by atoms with E-state index in [0.717, 1.165) is 51.7 Å². The SMILES string of the molecule is N[C@H]1CCCCN(CC(O)N2CCCC2)C1=O. The first-order chi connectivity index (χ1) is 8.18. The van der Waals surface area contributed by atoms with Gasteiger partial charge in [0.1, 0.15) is 6.23 Å². The Labute approximate surface area is 103 Å². The summed E-state index contributed by atoms with van der Waals surface area (Å²) in [6.45, 7) is 3.02. The molecule has 0 radical (unpaired) electrons. The summed E-state index contributed by atoms with van der Waals surface area (Å²) >= 11 is 0. The molecule has 0 spiro atoms. The van der Waals surface area contributed by atoms with Gasteiger partial charge in [0.15, 0.2) is 0 Å². The number of likely N-dealkylation sites (tertiary alicyclic amines) is 2. The summed E-state index contributed by atoms with van der Waals surface area (Å²) in [4.78, 5) is 15.7. The second kappa shape index (κ2) is 5.80. The number of aliphatic hydroxyl groups excluding tert-OH is 1. The highest BCUT2D eigenvalue weighted by Crippen LogP contribution is 2.14. The van der Waals surface area contributed by atoms with E-state index in [1.165, 1.54) is 0 Å². The Balaban J connectivity index is 1.89. The van der Waals surface area contributed by atoms with Crippen LogP contribution in [-0.4, -0.2) is 59.3 Å². The molecular formula is C12H23N3O2. The number of hydrogen-bond acceptors (Lipinski definition) is 4. The summed E-state index contributed by atoms with van der Waals surface area (Å²) in [6.07, 6.45) is 4.53. The lowest BCUT2D eigenvalue weighted by Gasteiger charge is -2.29. The summed E-state index contributed by atoms with van der Waals surface area (Å²) in [7, 11) is 0. The zero-order valence-corrected chi connectivity index (χ0v) is 10.3. The predicted molar refractivity (Wildman–Crippen MR) is 65.2 cm³/mol. The van der Waals surface area contributed by atoms with Crippen molar-refractivity contribution in [1.82, 2.24) is 9.80 Å². The van der Waals surface area contributed by atoms with Crippen molar-refractivity contribution in [3.05, 3.63) is 0 Å². The minimum absolute atomic E-state index is 0.000692. The molecule has 3 N–H and O–H groups in total. The highest BCUT2D eigenvalue weighted by atomic mass is 16.3. The molecule has 0 bridgehead atoms. The number of carbonyl (C=O) groups is 1. The smallest absolute Gasteiger partial charge is 0.239 e. The number of β-amino-alcohol motifs (C(OH)–C–C–N with tert-alkyl or cyclic N) is 1. The lowest BCUT2D eigenvalue weighted by molar-refractivity contribution is -0.135. The molecule has 17 heavy (non-hydrogen) atoms. The predicted octanol–water partition coefficient (Wildman–Crippen LogP) is -0.260. The topological polar surface area (TPSA) is 69.8 Å². The average Bonchev–Trinajstić information content (AvgIpc) is 2.80. The van der Waals surface area contributed by atoms with Crippen LogP contribution in [0.25, 0.3) is 0 Å². The van der Waals surface area contributed by atoms with Crippen molar-refractivity contribution in [2.24, 2.45) is 5.73 Å². The molecule has 2 aliphatic heterocycles. The van der Waals surface area contributed by atoms with Crippen LogP contribution in [0.15, 0.2) is 0 Å². The first kappa shape index (κ1) is 12.8. The van der Waals surface area contributed by atoms with E-state index in [9.17, 15) is 9.90 Å². The molecule has 98 valence electrons. The number of carbonyl (C=O) groups excluding carboxylic acids is 1. The fourth-order valence-electron chi connectivity index (χ4n) is 2.67. The van der Waals surface area contributed by atoms with Gasteiger partial charge in [-0.1, -0.05) is 0 Å². The maximum Gasteiger partial charge on any atom is 0.239 e. The molecule has 0 aliphatic carbocycles. The second-order valence-electron chi connectivity index (χ2n) is 5.11. The summed E-state index contributed by atoms with van der Waals surface area (Å²) < 4.78 is 0. The third kappa shape index (κ3) is 3.18. The molecule has 0 aromatic heterocycles. The summed E-state index contributed by atoms with van der Waals surface area (Å²) in [6, 6.07) is -0.372. The van der Waals surface area contributed by atoms with E-state index in [-0.39, 0.29) is 11.9 Å². The highest BCUT2D eigenvalue weighted by Gasteiger charge is 2.28. The van der Waals surface area contributed by atoms with Crippen molar-refractivity contribution in [2.75, 3.05) is 26.2 Å². The van der Waals surface area contributed by atoms with Crippen molar-refractivity contribution in [3.63, 3.8) is 0 Å². The second-order valence-corrected chi connectivity index (χ2v) is 5.11. The zero-order chi connectivity index (χ0) is 12.3. The molecule has 1 unspecified atom stereocenters. The monoisotopic (exact) mass is 241 g/mol. The van der Waals surface area contributed by atoms with E-state index in [0.29, 0.717) is 6.54 Å². The minimum Gasteiger partial charge on any atom is -0.376 e. The number of rotatable bonds is 3. The Morgan fingerprint density at radius 3 is 2.59 bits per heavy atom. The number of nitrogens with zero attached hydrogens (tertiary/aromatic N) is 2. The van der Waals surface area contributed by atoms with Crippen LogP contribution in [0.5, 0.6) is 0 Å². The van der Waals surface area contributed by atoms with Gasteiger partial charge in [-0.3, -0.25) is 9.69 Å². The van der Waals surface area contributed by atoms with E-state index in [4.69, 9.17) is 5.73 Å². The fraction of sp³-hybridized carbons (Fsp3) is 0.917. The minimum atomic E-state index is -0.522. The van der Waals surface area contributed by atoms with E-state index in [1.54, 1.807) is 4.90 Å². The Morgan fingerprint density at radius 1 is 1.24 bits per heavy atom. The van der Waals surface area contributed by atoms with Gasteiger partial charge in [-0.25, -0.2) is 0 Å². The Kier molecular flexibility index (Phi) is 4.36. The van der Waals surface area contributed by atoms with Crippen LogP contribution >= 0.6 is 0 Å². The maximum atomic E-state index is 12.0. The standard InChI is InChI=1S/C12H23N3O2/c13-10-5-1-2-8-15(12(10)17)9-11(16)14-6-3-4-7-14/h10-11,16H,1-9,13H2/t10-,11?/m0/s1. The van der Waals surface area contributed by atoms with Crippen LogP contribution < -0.4 is 5.73 Å². The molecule has 5 nitrogen and oxygen atoms in total. The number of aliphatic hydroxyl groups is 1. The zero-order valence-electron chi connectivity index (χ0n) is 10.3. The van der Waals surface area contributed by atoms with Crippen LogP contribution in [-0.2, 0) is 4.79 Å². The first-order valence-electron chi connectivity index (χ1n) is 6.65. The van der Waals surface area contributed by atoms with E-state index in [2.05, 4.69) is 0 Å². The van der Waals surface area contributed by atoms with E-state index < -0.39 is 6.23 Å². The van der Waals surface area contributed by atoms with Crippen molar-refractivity contribution in [1.29, 1.82) is 0 Å². The molecule has 1 amide bonds. The van der Waals surface area contributed by atoms with E-state index >= 15 is 0 Å². The lowest BCUT2D eigenvalue weighted by atomic mass is 10.1. The summed E-state index contributed by atoms with van der Waals surface area (Å²) in [5, 5.41) is 10.1. The Morgan fingerprint density at radius 2 is 1.88 bits per heavy atom. The number of nitrogens with two attached hydrogens (primary N) is 1.